The molecule has 2 aromatic rings. The van der Waals surface area contributed by atoms with Gasteiger partial charge in [0.25, 0.3) is 0 Å². The van der Waals surface area contributed by atoms with Gasteiger partial charge >= 0.3 is 0 Å². The molecule has 0 spiro atoms. The minimum Gasteiger partial charge on any atom is -0.370 e. The van der Waals surface area contributed by atoms with E-state index in [-0.39, 0.29) is 0 Å². The lowest BCUT2D eigenvalue weighted by atomic mass is 10.2. The van der Waals surface area contributed by atoms with Crippen molar-refractivity contribution < 1.29 is 0 Å². The predicted molar refractivity (Wildman–Crippen MR) is 133 cm³/mol. The first-order valence-corrected chi connectivity index (χ1v) is 10.9. The van der Waals surface area contributed by atoms with Crippen molar-refractivity contribution in [3.05, 3.63) is 84.0 Å². The number of anilines is 1. The lowest BCUT2D eigenvalue weighted by molar-refractivity contribution is 0.602. The number of nitrogens with one attached hydrogen (secondary N) is 3. The van der Waals surface area contributed by atoms with E-state index in [4.69, 9.17) is 0 Å². The summed E-state index contributed by atoms with van der Waals surface area (Å²) in [7, 11) is 0. The maximum absolute atomic E-state index is 4.68. The van der Waals surface area contributed by atoms with E-state index in [2.05, 4.69) is 43.0 Å². The van der Waals surface area contributed by atoms with Crippen molar-refractivity contribution in [1.29, 1.82) is 0 Å². The van der Waals surface area contributed by atoms with Crippen LogP contribution in [0.25, 0.3) is 6.08 Å². The van der Waals surface area contributed by atoms with Crippen LogP contribution in [0.15, 0.2) is 77.6 Å². The molecule has 0 amide bonds. The summed E-state index contributed by atoms with van der Waals surface area (Å²) in [4.78, 5) is 18.0. The standard InChI is InChI=1S/C25H31N7/c1-4-6-8-20(7-5-2)9-10-22-28-23(27-16-13-21-11-14-26-15-12-21)18-24(29-22)30-25-17-19(3)31-32-25/h4-12,14-15,18-19,31H,13,16-17H2,1-3H3,(H2,27,28,29,30,32)/b6-4-,7-5-,10-9+,20-8+. The average molecular weight is 430 g/mol. The molecule has 1 aliphatic rings. The Labute approximate surface area is 190 Å². The Morgan fingerprint density at radius 1 is 1.19 bits per heavy atom. The number of aromatic nitrogens is 3. The third-order valence-electron chi connectivity index (χ3n) is 4.68. The summed E-state index contributed by atoms with van der Waals surface area (Å²) >= 11 is 0. The highest BCUT2D eigenvalue weighted by Crippen LogP contribution is 2.17. The molecule has 32 heavy (non-hydrogen) atoms. The summed E-state index contributed by atoms with van der Waals surface area (Å²) in [5.74, 6) is 2.84. The zero-order chi connectivity index (χ0) is 22.6. The van der Waals surface area contributed by atoms with E-state index in [1.54, 1.807) is 0 Å². The van der Waals surface area contributed by atoms with Crippen molar-refractivity contribution in [3.63, 3.8) is 0 Å². The van der Waals surface area contributed by atoms with Gasteiger partial charge in [-0.15, -0.1) is 0 Å². The number of nitrogens with zero attached hydrogens (tertiary/aromatic N) is 4. The highest BCUT2D eigenvalue weighted by molar-refractivity contribution is 5.86. The summed E-state index contributed by atoms with van der Waals surface area (Å²) in [6.07, 6.45) is 19.4. The van der Waals surface area contributed by atoms with Crippen LogP contribution in [0.5, 0.6) is 0 Å². The number of hydrogen-bond acceptors (Lipinski definition) is 6. The number of rotatable bonds is 9. The molecule has 0 bridgehead atoms. The Hall–Kier alpha value is -3.58. The average Bonchev–Trinajstić information content (AvgIpc) is 3.20. The normalized spacial score (nSPS) is 18.3. The fraction of sp³-hybridized carbons (Fsp3) is 0.280. The summed E-state index contributed by atoms with van der Waals surface area (Å²) in [5.41, 5.74) is 8.57. The van der Waals surface area contributed by atoms with Crippen LogP contribution in [0.4, 0.5) is 11.6 Å². The molecule has 0 aromatic carbocycles. The van der Waals surface area contributed by atoms with E-state index < -0.39 is 0 Å². The molecule has 0 aliphatic carbocycles. The van der Waals surface area contributed by atoms with Gasteiger partial charge in [-0.3, -0.25) is 4.98 Å². The van der Waals surface area contributed by atoms with Crippen LogP contribution in [0.2, 0.25) is 0 Å². The molecule has 3 rings (SSSR count). The van der Waals surface area contributed by atoms with Crippen LogP contribution in [-0.4, -0.2) is 33.4 Å². The van der Waals surface area contributed by atoms with E-state index in [1.165, 1.54) is 5.56 Å². The molecule has 1 fully saturated rings. The molecule has 2 aromatic heterocycles. The van der Waals surface area contributed by atoms with Crippen LogP contribution in [-0.2, 0) is 6.42 Å². The first-order valence-electron chi connectivity index (χ1n) is 10.9. The van der Waals surface area contributed by atoms with E-state index in [0.29, 0.717) is 17.7 Å². The number of aliphatic imine (C=N–C) groups is 1. The topological polar surface area (TPSA) is 87.1 Å². The molecular formula is C25H31N7. The minimum absolute atomic E-state index is 0.341. The summed E-state index contributed by atoms with van der Waals surface area (Å²) in [6.45, 7) is 6.85. The third-order valence-corrected chi connectivity index (χ3v) is 4.68. The van der Waals surface area contributed by atoms with Gasteiger partial charge in [0.15, 0.2) is 11.6 Å². The monoisotopic (exact) mass is 429 g/mol. The van der Waals surface area contributed by atoms with Crippen molar-refractivity contribution >= 4 is 23.5 Å². The van der Waals surface area contributed by atoms with Crippen LogP contribution in [0, 0.1) is 0 Å². The van der Waals surface area contributed by atoms with Gasteiger partial charge in [-0.05, 0) is 56.5 Å². The highest BCUT2D eigenvalue weighted by atomic mass is 15.4. The van der Waals surface area contributed by atoms with E-state index in [1.807, 2.05) is 87.0 Å². The second-order valence-corrected chi connectivity index (χ2v) is 7.46. The lowest BCUT2D eigenvalue weighted by Gasteiger charge is -2.08. The number of amidine groups is 1. The molecule has 166 valence electrons. The smallest absolute Gasteiger partial charge is 0.160 e. The number of hydrogen-bond donors (Lipinski definition) is 3. The Morgan fingerprint density at radius 3 is 2.75 bits per heavy atom. The molecule has 1 saturated heterocycles. The second-order valence-electron chi connectivity index (χ2n) is 7.46. The lowest BCUT2D eigenvalue weighted by Crippen LogP contribution is -2.29. The largest absolute Gasteiger partial charge is 0.370 e. The molecule has 3 N–H and O–H groups in total. The Kier molecular flexibility index (Phi) is 8.89. The van der Waals surface area contributed by atoms with Crippen LogP contribution in [0.1, 0.15) is 38.6 Å². The first-order chi connectivity index (χ1) is 15.7. The molecule has 0 radical (unpaired) electrons. The van der Waals surface area contributed by atoms with Gasteiger partial charge in [0.05, 0.1) is 0 Å². The molecule has 3 heterocycles. The Bertz CT molecular complexity index is 1020. The Balaban J connectivity index is 1.81. The number of hydrazine groups is 1. The van der Waals surface area contributed by atoms with E-state index in [9.17, 15) is 0 Å². The van der Waals surface area contributed by atoms with Crippen molar-refractivity contribution in [2.24, 2.45) is 4.99 Å². The second kappa shape index (κ2) is 12.3. The predicted octanol–water partition coefficient (Wildman–Crippen LogP) is 4.53. The van der Waals surface area contributed by atoms with Gasteiger partial charge in [-0.1, -0.05) is 36.5 Å². The summed E-state index contributed by atoms with van der Waals surface area (Å²) in [5, 5.41) is 3.40. The molecule has 1 unspecified atom stereocenters. The van der Waals surface area contributed by atoms with E-state index >= 15 is 0 Å². The third kappa shape index (κ3) is 7.59. The zero-order valence-electron chi connectivity index (χ0n) is 18.9. The molecular weight excluding hydrogens is 398 g/mol. The van der Waals surface area contributed by atoms with Crippen LogP contribution >= 0.6 is 0 Å². The zero-order valence-corrected chi connectivity index (χ0v) is 18.9. The van der Waals surface area contributed by atoms with Gasteiger partial charge in [0.1, 0.15) is 11.7 Å². The fourth-order valence-electron chi connectivity index (χ4n) is 3.11. The van der Waals surface area contributed by atoms with Crippen LogP contribution < -0.4 is 16.2 Å². The van der Waals surface area contributed by atoms with Crippen LogP contribution in [0.3, 0.4) is 0 Å². The summed E-state index contributed by atoms with van der Waals surface area (Å²) in [6, 6.07) is 6.26. The minimum atomic E-state index is 0.341. The van der Waals surface area contributed by atoms with Gasteiger partial charge in [-0.25, -0.2) is 20.4 Å². The maximum atomic E-state index is 4.68. The Morgan fingerprint density at radius 2 is 2.03 bits per heavy atom. The van der Waals surface area contributed by atoms with Gasteiger partial charge in [0.2, 0.25) is 0 Å². The molecule has 7 heteroatoms. The van der Waals surface area contributed by atoms with Gasteiger partial charge < -0.3 is 10.7 Å². The quantitative estimate of drug-likeness (QED) is 0.508. The van der Waals surface area contributed by atoms with Crippen molar-refractivity contribution in [1.82, 2.24) is 25.8 Å². The summed E-state index contributed by atoms with van der Waals surface area (Å²) < 4.78 is 0. The van der Waals surface area contributed by atoms with E-state index in [0.717, 1.165) is 36.6 Å². The maximum Gasteiger partial charge on any atom is 0.160 e. The number of allylic oxidation sites excluding steroid dienone is 7. The molecule has 0 saturated carbocycles. The highest BCUT2D eigenvalue weighted by Gasteiger charge is 2.15. The first kappa shape index (κ1) is 23.1. The molecule has 1 aliphatic heterocycles. The molecule has 1 atom stereocenters. The van der Waals surface area contributed by atoms with Gasteiger partial charge in [-0.2, -0.15) is 0 Å². The van der Waals surface area contributed by atoms with Crippen molar-refractivity contribution in [2.45, 2.75) is 39.7 Å². The molecule has 7 nitrogen and oxygen atoms in total. The van der Waals surface area contributed by atoms with Crippen molar-refractivity contribution in [2.75, 3.05) is 11.9 Å². The van der Waals surface area contributed by atoms with Crippen molar-refractivity contribution in [3.8, 4) is 0 Å². The SMILES string of the molecule is C\C=C/C=C(\C=C/C)/C=C/c1nc(N=C2CC(C)NN2)cc(NCCc2ccncc2)n1. The fourth-order valence-corrected chi connectivity index (χ4v) is 3.11. The van der Waals surface area contributed by atoms with Gasteiger partial charge in [0, 0.05) is 37.5 Å². The number of pyridine rings is 1.